The van der Waals surface area contributed by atoms with Crippen molar-refractivity contribution in [3.05, 3.63) is 48.7 Å². The highest BCUT2D eigenvalue weighted by Crippen LogP contribution is 2.39. The van der Waals surface area contributed by atoms with E-state index in [-0.39, 0.29) is 20.8 Å². The van der Waals surface area contributed by atoms with Crippen molar-refractivity contribution in [1.82, 2.24) is 19.7 Å². The summed E-state index contributed by atoms with van der Waals surface area (Å²) in [7, 11) is -3.86. The molecule has 3 saturated heterocycles. The van der Waals surface area contributed by atoms with Crippen molar-refractivity contribution >= 4 is 38.2 Å². The molecule has 0 N–H and O–H groups in total. The molecule has 0 bridgehead atoms. The van der Waals surface area contributed by atoms with E-state index in [1.165, 1.54) is 32.5 Å². The van der Waals surface area contributed by atoms with Crippen LogP contribution in [0.4, 0.5) is 5.69 Å². The van der Waals surface area contributed by atoms with E-state index in [2.05, 4.69) is 79.5 Å². The average molecular weight is 722 g/mol. The number of rotatable bonds is 10. The predicted molar refractivity (Wildman–Crippen MR) is 208 cm³/mol. The molecule has 8 nitrogen and oxygen atoms in total. The van der Waals surface area contributed by atoms with E-state index >= 15 is 0 Å². The van der Waals surface area contributed by atoms with Crippen molar-refractivity contribution < 1.29 is 13.2 Å². The molecule has 10 heteroatoms. The number of pyridine rings is 1. The van der Waals surface area contributed by atoms with Gasteiger partial charge in [0.2, 0.25) is 9.84 Å². The molecule has 1 aromatic heterocycles. The van der Waals surface area contributed by atoms with Crippen LogP contribution in [-0.2, 0) is 9.84 Å². The Hall–Kier alpha value is -2.37. The van der Waals surface area contributed by atoms with Crippen LogP contribution in [0, 0.1) is 5.41 Å². The number of thioether (sulfide) groups is 1. The maximum Gasteiger partial charge on any atom is 0.210 e. The molecule has 6 rings (SSSR count). The highest BCUT2D eigenvalue weighted by atomic mass is 32.2. The summed E-state index contributed by atoms with van der Waals surface area (Å²) in [6.45, 7) is 22.9. The van der Waals surface area contributed by atoms with Gasteiger partial charge in [0.05, 0.1) is 16.1 Å². The smallest absolute Gasteiger partial charge is 0.210 e. The molecule has 2 aromatic carbocycles. The Morgan fingerprint density at radius 2 is 1.40 bits per heavy atom. The Labute approximate surface area is 305 Å². The number of anilines is 1. The maximum absolute atomic E-state index is 14.5. The van der Waals surface area contributed by atoms with Crippen molar-refractivity contribution in [3.63, 3.8) is 0 Å². The van der Waals surface area contributed by atoms with Gasteiger partial charge in [-0.25, -0.2) is 8.42 Å². The van der Waals surface area contributed by atoms with Crippen molar-refractivity contribution in [3.8, 4) is 5.75 Å². The fraction of sp³-hybridized carbons (Fsp3) is 0.625. The van der Waals surface area contributed by atoms with E-state index in [0.717, 1.165) is 86.1 Å². The number of piperidine rings is 2. The molecule has 3 aliphatic heterocycles. The molecule has 0 amide bonds. The molecule has 3 fully saturated rings. The van der Waals surface area contributed by atoms with Crippen molar-refractivity contribution in [2.45, 2.75) is 106 Å². The summed E-state index contributed by atoms with van der Waals surface area (Å²) in [6, 6.07) is 14.4. The molecule has 0 saturated carbocycles. The summed E-state index contributed by atoms with van der Waals surface area (Å²) in [5.41, 5.74) is 1.34. The maximum atomic E-state index is 14.5. The van der Waals surface area contributed by atoms with Crippen LogP contribution in [0.5, 0.6) is 5.75 Å². The lowest BCUT2D eigenvalue weighted by molar-refractivity contribution is 0.0384. The van der Waals surface area contributed by atoms with Crippen LogP contribution >= 0.6 is 11.8 Å². The summed E-state index contributed by atoms with van der Waals surface area (Å²) >= 11 is 1.67. The van der Waals surface area contributed by atoms with Crippen molar-refractivity contribution in [2.75, 3.05) is 70.1 Å². The van der Waals surface area contributed by atoms with Gasteiger partial charge in [-0.1, -0.05) is 27.7 Å². The third-order valence-electron chi connectivity index (χ3n) is 11.0. The van der Waals surface area contributed by atoms with Crippen LogP contribution in [-0.4, -0.2) is 111 Å². The second kappa shape index (κ2) is 15.3. The van der Waals surface area contributed by atoms with Gasteiger partial charge in [0.15, 0.2) is 0 Å². The van der Waals surface area contributed by atoms with Crippen LogP contribution < -0.4 is 9.64 Å². The van der Waals surface area contributed by atoms with Crippen LogP contribution in [0.15, 0.2) is 63.3 Å². The molecule has 0 unspecified atom stereocenters. The molecule has 0 atom stereocenters. The first-order valence-corrected chi connectivity index (χ1v) is 21.4. The number of piperazine rings is 1. The Bertz CT molecular complexity index is 1700. The Balaban J connectivity index is 1.19. The normalized spacial score (nSPS) is 20.1. The Morgan fingerprint density at radius 1 is 0.820 bits per heavy atom. The minimum absolute atomic E-state index is 0.109. The van der Waals surface area contributed by atoms with Gasteiger partial charge in [-0.15, -0.1) is 11.8 Å². The molecular formula is C40H59N5O3S2. The Morgan fingerprint density at radius 3 is 1.94 bits per heavy atom. The number of fused-ring (bicyclic) bond motifs is 1. The average Bonchev–Trinajstić information content (AvgIpc) is 3.10. The summed E-state index contributed by atoms with van der Waals surface area (Å²) in [6.07, 6.45) is 9.15. The molecule has 3 aliphatic rings. The van der Waals surface area contributed by atoms with Crippen LogP contribution in [0.25, 0.3) is 10.9 Å². The van der Waals surface area contributed by atoms with Crippen molar-refractivity contribution in [2.24, 2.45) is 5.41 Å². The zero-order chi connectivity index (χ0) is 35.7. The van der Waals surface area contributed by atoms with Gasteiger partial charge in [-0.2, -0.15) is 0 Å². The lowest BCUT2D eigenvalue weighted by atomic mass is 9.83. The molecule has 0 radical (unpaired) electrons. The minimum atomic E-state index is -3.86. The monoisotopic (exact) mass is 721 g/mol. The molecule has 4 heterocycles. The van der Waals surface area contributed by atoms with Crippen molar-refractivity contribution in [1.29, 1.82) is 0 Å². The molecule has 50 heavy (non-hydrogen) atoms. The fourth-order valence-corrected chi connectivity index (χ4v) is 10.6. The second-order valence-corrected chi connectivity index (χ2v) is 19.2. The number of hydrogen-bond donors (Lipinski definition) is 0. The van der Waals surface area contributed by atoms with E-state index in [1.54, 1.807) is 42.2 Å². The van der Waals surface area contributed by atoms with E-state index in [1.807, 2.05) is 6.07 Å². The van der Waals surface area contributed by atoms with Gasteiger partial charge in [-0.05, 0) is 120 Å². The van der Waals surface area contributed by atoms with Gasteiger partial charge >= 0.3 is 0 Å². The van der Waals surface area contributed by atoms with E-state index < -0.39 is 9.84 Å². The first-order chi connectivity index (χ1) is 23.8. The third-order valence-corrected chi connectivity index (χ3v) is 13.4. The zero-order valence-electron chi connectivity index (χ0n) is 31.5. The standard InChI is InChI=1S/C40H59N5O3S2/c1-8-42-19-15-30(16-20-42)43-23-25-44(26-24-43)31-17-21-45(22-18-31)38-35-27-33(49-7)11-14-36(35)41-28-37(38)50(46,47)34-12-9-32(10-13-34)48-40(5,6)29-39(2,3)4/h9-14,27-28,30-31H,8,15-26,29H2,1-7H3. The van der Waals surface area contributed by atoms with Gasteiger partial charge in [0, 0.05) is 67.8 Å². The molecule has 0 spiro atoms. The minimum Gasteiger partial charge on any atom is -0.488 e. The molecule has 0 aliphatic carbocycles. The number of benzene rings is 2. The topological polar surface area (TPSA) is 69.2 Å². The lowest BCUT2D eigenvalue weighted by Gasteiger charge is -2.46. The summed E-state index contributed by atoms with van der Waals surface area (Å²) in [5.74, 6) is 0.671. The lowest BCUT2D eigenvalue weighted by Crippen LogP contribution is -2.56. The van der Waals surface area contributed by atoms with E-state index in [4.69, 9.17) is 9.72 Å². The number of hydrogen-bond acceptors (Lipinski definition) is 9. The first-order valence-electron chi connectivity index (χ1n) is 18.7. The molecule has 274 valence electrons. The number of nitrogens with zero attached hydrogens (tertiary/aromatic N) is 5. The summed E-state index contributed by atoms with van der Waals surface area (Å²) in [4.78, 5) is 16.7. The molecule has 3 aromatic rings. The quantitative estimate of drug-likeness (QED) is 0.199. The third kappa shape index (κ3) is 8.63. The van der Waals surface area contributed by atoms with Gasteiger partial charge in [-0.3, -0.25) is 14.8 Å². The van der Waals surface area contributed by atoms with Gasteiger partial charge in [0.1, 0.15) is 16.2 Å². The van der Waals surface area contributed by atoms with Crippen LogP contribution in [0.2, 0.25) is 0 Å². The molecular weight excluding hydrogens is 663 g/mol. The van der Waals surface area contributed by atoms with Crippen LogP contribution in [0.3, 0.4) is 0 Å². The zero-order valence-corrected chi connectivity index (χ0v) is 33.1. The van der Waals surface area contributed by atoms with Gasteiger partial charge in [0.25, 0.3) is 0 Å². The summed E-state index contributed by atoms with van der Waals surface area (Å²) in [5, 5.41) is 0.906. The Kier molecular flexibility index (Phi) is 11.4. The SMILES string of the molecule is CCN1CCC(N2CCN(C3CCN(c4c(S(=O)(=O)c5ccc(OC(C)(C)CC(C)(C)C)cc5)cnc5ccc(SC)cc45)CC3)CC2)CC1. The second-order valence-electron chi connectivity index (χ2n) is 16.4. The fourth-order valence-electron chi connectivity index (χ4n) is 8.76. The van der Waals surface area contributed by atoms with E-state index in [9.17, 15) is 8.42 Å². The van der Waals surface area contributed by atoms with Crippen LogP contribution in [0.1, 0.15) is 73.6 Å². The number of aromatic nitrogens is 1. The number of sulfone groups is 1. The summed E-state index contributed by atoms with van der Waals surface area (Å²) < 4.78 is 35.3. The van der Waals surface area contributed by atoms with Gasteiger partial charge < -0.3 is 14.5 Å². The number of likely N-dealkylation sites (tertiary alicyclic amines) is 1. The predicted octanol–water partition coefficient (Wildman–Crippen LogP) is 7.45. The largest absolute Gasteiger partial charge is 0.488 e. The highest BCUT2D eigenvalue weighted by molar-refractivity contribution is 7.98. The van der Waals surface area contributed by atoms with E-state index in [0.29, 0.717) is 11.8 Å². The first kappa shape index (κ1) is 37.4. The number of ether oxygens (including phenoxy) is 1. The highest BCUT2D eigenvalue weighted by Gasteiger charge is 2.34.